The zero-order valence-electron chi connectivity index (χ0n) is 14.1. The summed E-state index contributed by atoms with van der Waals surface area (Å²) in [6.45, 7) is 1.77. The number of anilines is 1. The molecule has 0 fully saturated rings. The normalized spacial score (nSPS) is 12.0. The largest absolute Gasteiger partial charge is 0.299 e. The van der Waals surface area contributed by atoms with Crippen molar-refractivity contribution >= 4 is 45.9 Å². The van der Waals surface area contributed by atoms with E-state index in [2.05, 4.69) is 25.7 Å². The van der Waals surface area contributed by atoms with Crippen molar-refractivity contribution in [2.45, 2.75) is 13.0 Å². The van der Waals surface area contributed by atoms with Crippen LogP contribution in [0.4, 0.5) is 5.13 Å². The number of aromatic nitrogens is 5. The Morgan fingerprint density at radius 3 is 2.78 bits per heavy atom. The Balaban J connectivity index is 1.55. The van der Waals surface area contributed by atoms with Crippen molar-refractivity contribution in [1.29, 1.82) is 0 Å². The number of rotatable bonds is 5. The van der Waals surface area contributed by atoms with Crippen molar-refractivity contribution in [3.8, 4) is 21.3 Å². The quantitative estimate of drug-likeness (QED) is 0.473. The highest BCUT2D eigenvalue weighted by molar-refractivity contribution is 7.71. The minimum Gasteiger partial charge on any atom is -0.299 e. The highest BCUT2D eigenvalue weighted by atomic mass is 32.1. The lowest BCUT2D eigenvalue weighted by molar-refractivity contribution is -0.118. The Kier molecular flexibility index (Phi) is 4.92. The van der Waals surface area contributed by atoms with E-state index in [0.29, 0.717) is 15.7 Å². The van der Waals surface area contributed by atoms with E-state index in [4.69, 9.17) is 12.2 Å². The molecule has 3 heterocycles. The molecule has 0 aliphatic rings. The van der Waals surface area contributed by atoms with Gasteiger partial charge >= 0.3 is 0 Å². The maximum atomic E-state index is 12.8. The van der Waals surface area contributed by atoms with Crippen LogP contribution < -0.4 is 5.32 Å². The molecule has 0 saturated heterocycles. The van der Waals surface area contributed by atoms with E-state index in [-0.39, 0.29) is 5.91 Å². The first-order chi connectivity index (χ1) is 13.1. The second-order valence-corrected chi connectivity index (χ2v) is 7.96. The molecule has 1 amide bonds. The van der Waals surface area contributed by atoms with Gasteiger partial charge in [0.2, 0.25) is 11.0 Å². The predicted molar refractivity (Wildman–Crippen MR) is 109 cm³/mol. The van der Waals surface area contributed by atoms with Crippen LogP contribution in [0.2, 0.25) is 0 Å². The molecule has 1 aromatic carbocycles. The van der Waals surface area contributed by atoms with Crippen LogP contribution in [-0.2, 0) is 4.79 Å². The first-order valence-corrected chi connectivity index (χ1v) is 10.1. The Hall–Kier alpha value is -2.69. The number of hydrogen-bond acceptors (Lipinski definition) is 7. The molecule has 1 unspecified atom stereocenters. The fraction of sp³-hybridized carbons (Fsp3) is 0.118. The summed E-state index contributed by atoms with van der Waals surface area (Å²) in [5, 5.41) is 21.2. The predicted octanol–water partition coefficient (Wildman–Crippen LogP) is 4.39. The highest BCUT2D eigenvalue weighted by Gasteiger charge is 2.22. The van der Waals surface area contributed by atoms with Gasteiger partial charge in [0, 0.05) is 5.56 Å². The summed E-state index contributed by atoms with van der Waals surface area (Å²) in [5.74, 6) is 0.404. The van der Waals surface area contributed by atoms with E-state index in [1.807, 2.05) is 47.8 Å². The Labute approximate surface area is 167 Å². The molecular weight excluding hydrogens is 400 g/mol. The number of nitrogens with one attached hydrogen (secondary N) is 2. The molecule has 0 saturated carbocycles. The number of hydrogen-bond donors (Lipinski definition) is 2. The Bertz CT molecular complexity index is 1110. The molecule has 0 bridgehead atoms. The van der Waals surface area contributed by atoms with Crippen molar-refractivity contribution in [1.82, 2.24) is 25.0 Å². The lowest BCUT2D eigenvalue weighted by Gasteiger charge is -2.13. The number of H-pyrrole nitrogens is 1. The van der Waals surface area contributed by atoms with Crippen LogP contribution in [0.5, 0.6) is 0 Å². The van der Waals surface area contributed by atoms with Gasteiger partial charge in [-0.05, 0) is 30.6 Å². The molecule has 4 rings (SSSR count). The minimum atomic E-state index is -0.558. The summed E-state index contributed by atoms with van der Waals surface area (Å²) in [7, 11) is 0. The van der Waals surface area contributed by atoms with Gasteiger partial charge in [0.05, 0.1) is 4.88 Å². The van der Waals surface area contributed by atoms with Crippen molar-refractivity contribution in [2.24, 2.45) is 0 Å². The fourth-order valence-electron chi connectivity index (χ4n) is 2.54. The lowest BCUT2D eigenvalue weighted by Crippen LogP contribution is -2.24. The third-order valence-corrected chi connectivity index (χ3v) is 5.93. The van der Waals surface area contributed by atoms with Crippen LogP contribution in [0.15, 0.2) is 47.8 Å². The summed E-state index contributed by atoms with van der Waals surface area (Å²) in [4.78, 5) is 13.7. The van der Waals surface area contributed by atoms with Crippen LogP contribution in [0.25, 0.3) is 21.3 Å². The third-order valence-electron chi connectivity index (χ3n) is 3.89. The number of thiophene rings is 1. The Morgan fingerprint density at radius 2 is 2.04 bits per heavy atom. The molecule has 2 N–H and O–H groups in total. The number of carbonyl (C=O) groups excluding carboxylic acids is 1. The molecule has 136 valence electrons. The SMILES string of the molecule is CC(C(=O)Nc1nnc(-c2ccccc2)s1)n1c(-c2cccs2)n[nH]c1=S. The molecule has 0 aliphatic carbocycles. The average molecular weight is 415 g/mol. The topological polar surface area (TPSA) is 88.5 Å². The van der Waals surface area contributed by atoms with E-state index in [1.54, 1.807) is 11.5 Å². The monoisotopic (exact) mass is 414 g/mol. The summed E-state index contributed by atoms with van der Waals surface area (Å²) < 4.78 is 2.10. The van der Waals surface area contributed by atoms with Gasteiger partial charge in [0.1, 0.15) is 11.0 Å². The molecule has 27 heavy (non-hydrogen) atoms. The van der Waals surface area contributed by atoms with Crippen molar-refractivity contribution < 1.29 is 4.79 Å². The molecule has 4 aromatic rings. The Morgan fingerprint density at radius 1 is 1.22 bits per heavy atom. The zero-order valence-corrected chi connectivity index (χ0v) is 16.6. The van der Waals surface area contributed by atoms with Gasteiger partial charge in [-0.25, -0.2) is 0 Å². The maximum absolute atomic E-state index is 12.8. The number of benzene rings is 1. The number of amides is 1. The standard InChI is InChI=1S/C17H14N6OS3/c1-10(23-13(19-22-17(23)25)12-8-5-9-26-12)14(24)18-16-21-20-15(27-16)11-6-3-2-4-7-11/h2-10H,1H3,(H,22,25)(H,18,21,24). The summed E-state index contributed by atoms with van der Waals surface area (Å²) in [5.41, 5.74) is 0.959. The lowest BCUT2D eigenvalue weighted by atomic mass is 10.2. The van der Waals surface area contributed by atoms with Gasteiger partial charge in [0.25, 0.3) is 0 Å². The second-order valence-electron chi connectivity index (χ2n) is 5.64. The van der Waals surface area contributed by atoms with Crippen LogP contribution in [0.3, 0.4) is 0 Å². The molecule has 0 aliphatic heterocycles. The van der Waals surface area contributed by atoms with Crippen molar-refractivity contribution in [3.05, 3.63) is 52.6 Å². The molecule has 0 radical (unpaired) electrons. The fourth-order valence-corrected chi connectivity index (χ4v) is 4.29. The molecule has 10 heteroatoms. The van der Waals surface area contributed by atoms with E-state index >= 15 is 0 Å². The highest BCUT2D eigenvalue weighted by Crippen LogP contribution is 2.28. The van der Waals surface area contributed by atoms with Crippen LogP contribution >= 0.6 is 34.9 Å². The van der Waals surface area contributed by atoms with Crippen LogP contribution in [-0.4, -0.2) is 30.9 Å². The summed E-state index contributed by atoms with van der Waals surface area (Å²) >= 11 is 8.18. The third kappa shape index (κ3) is 3.59. The molecule has 0 spiro atoms. The molecule has 3 aromatic heterocycles. The zero-order chi connectivity index (χ0) is 18.8. The van der Waals surface area contributed by atoms with Gasteiger partial charge in [0.15, 0.2) is 10.6 Å². The van der Waals surface area contributed by atoms with Gasteiger partial charge in [-0.1, -0.05) is 47.7 Å². The summed E-state index contributed by atoms with van der Waals surface area (Å²) in [6.07, 6.45) is 0. The van der Waals surface area contributed by atoms with E-state index in [0.717, 1.165) is 15.4 Å². The van der Waals surface area contributed by atoms with Crippen LogP contribution in [0.1, 0.15) is 13.0 Å². The number of carbonyl (C=O) groups is 1. The number of nitrogens with zero attached hydrogens (tertiary/aromatic N) is 4. The number of aromatic amines is 1. The van der Waals surface area contributed by atoms with E-state index in [1.165, 1.54) is 22.7 Å². The van der Waals surface area contributed by atoms with Gasteiger partial charge in [-0.15, -0.1) is 21.5 Å². The second kappa shape index (κ2) is 7.51. The molecule has 7 nitrogen and oxygen atoms in total. The first-order valence-electron chi connectivity index (χ1n) is 8.04. The van der Waals surface area contributed by atoms with Gasteiger partial charge in [-0.3, -0.25) is 19.8 Å². The maximum Gasteiger partial charge on any atom is 0.249 e. The van der Waals surface area contributed by atoms with Gasteiger partial charge < -0.3 is 0 Å². The van der Waals surface area contributed by atoms with Crippen molar-refractivity contribution in [2.75, 3.05) is 5.32 Å². The minimum absolute atomic E-state index is 0.235. The average Bonchev–Trinajstić information content (AvgIpc) is 3.42. The smallest absolute Gasteiger partial charge is 0.249 e. The molecule has 1 atom stereocenters. The summed E-state index contributed by atoms with van der Waals surface area (Å²) in [6, 6.07) is 13.0. The van der Waals surface area contributed by atoms with E-state index < -0.39 is 6.04 Å². The first kappa shape index (κ1) is 17.7. The van der Waals surface area contributed by atoms with Crippen molar-refractivity contribution in [3.63, 3.8) is 0 Å². The van der Waals surface area contributed by atoms with Gasteiger partial charge in [-0.2, -0.15) is 5.10 Å². The molecular formula is C17H14N6OS3. The van der Waals surface area contributed by atoms with E-state index in [9.17, 15) is 4.79 Å². The van der Waals surface area contributed by atoms with Crippen LogP contribution in [0, 0.1) is 4.77 Å².